The summed E-state index contributed by atoms with van der Waals surface area (Å²) in [6.45, 7) is 2.96. The predicted molar refractivity (Wildman–Crippen MR) is 69.9 cm³/mol. The fourth-order valence-corrected chi connectivity index (χ4v) is 2.36. The average molecular weight is 281 g/mol. The van der Waals surface area contributed by atoms with E-state index >= 15 is 0 Å². The molecule has 1 aromatic rings. The highest BCUT2D eigenvalue weighted by molar-refractivity contribution is 5.77. The van der Waals surface area contributed by atoms with Gasteiger partial charge in [-0.05, 0) is 26.2 Å². The van der Waals surface area contributed by atoms with Crippen LogP contribution in [0.5, 0.6) is 0 Å². The van der Waals surface area contributed by atoms with Crippen molar-refractivity contribution in [3.8, 4) is 0 Å². The Balaban J connectivity index is 1.84. The maximum atomic E-state index is 11.9. The van der Waals surface area contributed by atoms with Crippen LogP contribution in [0.25, 0.3) is 0 Å². The van der Waals surface area contributed by atoms with E-state index in [1.165, 1.54) is 0 Å². The summed E-state index contributed by atoms with van der Waals surface area (Å²) in [5.74, 6) is -0.223. The number of nitrogens with zero attached hydrogens (tertiary/aromatic N) is 3. The van der Waals surface area contributed by atoms with Crippen molar-refractivity contribution in [3.05, 3.63) is 12.2 Å². The van der Waals surface area contributed by atoms with Gasteiger partial charge < -0.3 is 20.3 Å². The molecule has 8 nitrogen and oxygen atoms in total. The first-order valence-electron chi connectivity index (χ1n) is 6.69. The standard InChI is InChI=1S/C12H19N5O3/c1-2-17-8-14-16-9(17)7-13-11(20)15-12(4-3-5-12)6-10(18)19/h8H,2-7H2,1H3,(H,18,19)(H2,13,15,20). The molecule has 0 saturated heterocycles. The highest BCUT2D eigenvalue weighted by Crippen LogP contribution is 2.34. The molecule has 1 aliphatic carbocycles. The highest BCUT2D eigenvalue weighted by atomic mass is 16.4. The van der Waals surface area contributed by atoms with Gasteiger partial charge in [0.1, 0.15) is 6.33 Å². The van der Waals surface area contributed by atoms with Gasteiger partial charge in [-0.1, -0.05) is 0 Å². The van der Waals surface area contributed by atoms with Gasteiger partial charge in [-0.3, -0.25) is 4.79 Å². The third-order valence-corrected chi connectivity index (χ3v) is 3.62. The normalized spacial score (nSPS) is 16.2. The lowest BCUT2D eigenvalue weighted by Gasteiger charge is -2.41. The molecule has 1 saturated carbocycles. The summed E-state index contributed by atoms with van der Waals surface area (Å²) in [4.78, 5) is 22.7. The van der Waals surface area contributed by atoms with E-state index < -0.39 is 11.5 Å². The highest BCUT2D eigenvalue weighted by Gasteiger charge is 2.40. The first-order valence-corrected chi connectivity index (χ1v) is 6.69. The Kier molecular flexibility index (Phi) is 4.21. The summed E-state index contributed by atoms with van der Waals surface area (Å²) in [6.07, 6.45) is 3.92. The molecule has 8 heteroatoms. The Bertz CT molecular complexity index is 495. The fraction of sp³-hybridized carbons (Fsp3) is 0.667. The third-order valence-electron chi connectivity index (χ3n) is 3.62. The van der Waals surface area contributed by atoms with Gasteiger partial charge >= 0.3 is 12.0 Å². The van der Waals surface area contributed by atoms with Crippen molar-refractivity contribution >= 4 is 12.0 Å². The number of nitrogens with one attached hydrogen (secondary N) is 2. The van der Waals surface area contributed by atoms with Gasteiger partial charge in [0.15, 0.2) is 5.82 Å². The van der Waals surface area contributed by atoms with Crippen LogP contribution in [0.15, 0.2) is 6.33 Å². The summed E-state index contributed by atoms with van der Waals surface area (Å²) in [5, 5.41) is 22.0. The topological polar surface area (TPSA) is 109 Å². The second kappa shape index (κ2) is 5.89. The number of aliphatic carboxylic acids is 1. The Hall–Kier alpha value is -2.12. The smallest absolute Gasteiger partial charge is 0.315 e. The van der Waals surface area contributed by atoms with Crippen LogP contribution < -0.4 is 10.6 Å². The van der Waals surface area contributed by atoms with E-state index in [-0.39, 0.29) is 19.0 Å². The summed E-state index contributed by atoms with van der Waals surface area (Å²) in [7, 11) is 0. The van der Waals surface area contributed by atoms with Gasteiger partial charge in [-0.25, -0.2) is 4.79 Å². The van der Waals surface area contributed by atoms with Gasteiger partial charge in [0.2, 0.25) is 0 Å². The second-order valence-electron chi connectivity index (χ2n) is 5.05. The Morgan fingerprint density at radius 1 is 1.50 bits per heavy atom. The Morgan fingerprint density at radius 3 is 2.80 bits per heavy atom. The lowest BCUT2D eigenvalue weighted by Crippen LogP contribution is -2.57. The molecule has 1 aromatic heterocycles. The quantitative estimate of drug-likeness (QED) is 0.703. The zero-order valence-electron chi connectivity index (χ0n) is 11.4. The molecule has 110 valence electrons. The number of urea groups is 1. The molecule has 0 unspecified atom stereocenters. The molecule has 2 rings (SSSR count). The lowest BCUT2D eigenvalue weighted by atomic mass is 9.74. The summed E-state index contributed by atoms with van der Waals surface area (Å²) < 4.78 is 1.83. The van der Waals surface area contributed by atoms with Crippen LogP contribution in [0.1, 0.15) is 38.4 Å². The molecule has 1 aliphatic rings. The molecular weight excluding hydrogens is 262 g/mol. The summed E-state index contributed by atoms with van der Waals surface area (Å²) >= 11 is 0. The van der Waals surface area contributed by atoms with E-state index in [1.54, 1.807) is 6.33 Å². The number of rotatable bonds is 6. The molecule has 20 heavy (non-hydrogen) atoms. The van der Waals surface area contributed by atoms with Gasteiger partial charge in [-0.2, -0.15) is 0 Å². The molecule has 0 aromatic carbocycles. The first kappa shape index (κ1) is 14.3. The van der Waals surface area contributed by atoms with Crippen molar-refractivity contribution in [2.24, 2.45) is 0 Å². The van der Waals surface area contributed by atoms with Crippen LogP contribution in [0, 0.1) is 0 Å². The Labute approximate surface area is 116 Å². The van der Waals surface area contributed by atoms with Gasteiger partial charge in [0.05, 0.1) is 18.5 Å². The maximum absolute atomic E-state index is 11.9. The molecule has 0 spiro atoms. The van der Waals surface area contributed by atoms with Crippen LogP contribution in [-0.2, 0) is 17.9 Å². The minimum atomic E-state index is -0.893. The number of carboxylic acids is 1. The van der Waals surface area contributed by atoms with E-state index in [2.05, 4.69) is 20.8 Å². The zero-order chi connectivity index (χ0) is 14.6. The van der Waals surface area contributed by atoms with Gasteiger partial charge in [-0.15, -0.1) is 10.2 Å². The lowest BCUT2D eigenvalue weighted by molar-refractivity contribution is -0.139. The number of hydrogen-bond donors (Lipinski definition) is 3. The molecule has 0 atom stereocenters. The molecular formula is C12H19N5O3. The second-order valence-corrected chi connectivity index (χ2v) is 5.05. The molecule has 3 N–H and O–H groups in total. The van der Waals surface area contributed by atoms with Crippen molar-refractivity contribution in [2.45, 2.75) is 51.2 Å². The molecule has 1 fully saturated rings. The fourth-order valence-electron chi connectivity index (χ4n) is 2.36. The number of aromatic nitrogens is 3. The minimum Gasteiger partial charge on any atom is -0.481 e. The first-order chi connectivity index (χ1) is 9.54. The summed E-state index contributed by atoms with van der Waals surface area (Å²) in [5.41, 5.74) is -0.589. The zero-order valence-corrected chi connectivity index (χ0v) is 11.4. The SMILES string of the molecule is CCn1cnnc1CNC(=O)NC1(CC(=O)O)CCC1. The molecule has 2 amide bonds. The summed E-state index contributed by atoms with van der Waals surface area (Å²) in [6, 6.07) is -0.364. The maximum Gasteiger partial charge on any atom is 0.315 e. The van der Waals surface area contributed by atoms with Crippen molar-refractivity contribution in [2.75, 3.05) is 0 Å². The van der Waals surface area contributed by atoms with E-state index in [4.69, 9.17) is 5.11 Å². The minimum absolute atomic E-state index is 0.0361. The number of carboxylic acid groups (broad SMARTS) is 1. The van der Waals surface area contributed by atoms with Crippen molar-refractivity contribution in [3.63, 3.8) is 0 Å². The number of carbonyl (C=O) groups excluding carboxylic acids is 1. The van der Waals surface area contributed by atoms with Crippen LogP contribution in [0.3, 0.4) is 0 Å². The van der Waals surface area contributed by atoms with E-state index in [1.807, 2.05) is 11.5 Å². The number of amides is 2. The van der Waals surface area contributed by atoms with Crippen LogP contribution in [0.4, 0.5) is 4.79 Å². The third kappa shape index (κ3) is 3.25. The number of hydrogen-bond acceptors (Lipinski definition) is 4. The van der Waals surface area contributed by atoms with E-state index in [0.717, 1.165) is 13.0 Å². The monoisotopic (exact) mass is 281 g/mol. The van der Waals surface area contributed by atoms with Crippen LogP contribution in [-0.4, -0.2) is 37.4 Å². The molecule has 0 radical (unpaired) electrons. The van der Waals surface area contributed by atoms with Crippen LogP contribution in [0.2, 0.25) is 0 Å². The number of carbonyl (C=O) groups is 2. The molecule has 1 heterocycles. The van der Waals surface area contributed by atoms with Gasteiger partial charge in [0.25, 0.3) is 0 Å². The van der Waals surface area contributed by atoms with Crippen LogP contribution >= 0.6 is 0 Å². The van der Waals surface area contributed by atoms with E-state index in [0.29, 0.717) is 18.7 Å². The van der Waals surface area contributed by atoms with Gasteiger partial charge in [0, 0.05) is 6.54 Å². The largest absolute Gasteiger partial charge is 0.481 e. The van der Waals surface area contributed by atoms with E-state index in [9.17, 15) is 9.59 Å². The molecule has 0 aliphatic heterocycles. The average Bonchev–Trinajstić information content (AvgIpc) is 2.80. The molecule has 0 bridgehead atoms. The Morgan fingerprint density at radius 2 is 2.25 bits per heavy atom. The van der Waals surface area contributed by atoms with Crippen molar-refractivity contribution < 1.29 is 14.7 Å². The number of aryl methyl sites for hydroxylation is 1. The van der Waals surface area contributed by atoms with Crippen molar-refractivity contribution in [1.29, 1.82) is 0 Å². The van der Waals surface area contributed by atoms with Crippen molar-refractivity contribution in [1.82, 2.24) is 25.4 Å². The predicted octanol–water partition coefficient (Wildman–Crippen LogP) is 0.495.